The number of halogens is 1. The van der Waals surface area contributed by atoms with Gasteiger partial charge in [0.2, 0.25) is 5.91 Å². The zero-order chi connectivity index (χ0) is 14.6. The molecule has 3 nitrogen and oxygen atoms in total. The van der Waals surface area contributed by atoms with Gasteiger partial charge in [0.1, 0.15) is 5.82 Å². The number of carbonyl (C=O) groups excluding carboxylic acids is 1. The van der Waals surface area contributed by atoms with E-state index >= 15 is 0 Å². The molecule has 0 atom stereocenters. The van der Waals surface area contributed by atoms with E-state index < -0.39 is 5.54 Å². The van der Waals surface area contributed by atoms with Crippen molar-refractivity contribution >= 4 is 5.91 Å². The predicted molar refractivity (Wildman–Crippen MR) is 75.4 cm³/mol. The fraction of sp³-hybridized carbons (Fsp3) is 0.533. The van der Waals surface area contributed by atoms with Crippen LogP contribution in [0.15, 0.2) is 18.2 Å². The summed E-state index contributed by atoms with van der Waals surface area (Å²) in [5.41, 5.74) is 7.01. The summed E-state index contributed by atoms with van der Waals surface area (Å²) in [4.78, 5) is 13.6. The van der Waals surface area contributed by atoms with Gasteiger partial charge in [-0.15, -0.1) is 0 Å². The second-order valence-corrected chi connectivity index (χ2v) is 5.81. The van der Waals surface area contributed by atoms with Crippen molar-refractivity contribution in [1.29, 1.82) is 0 Å². The highest BCUT2D eigenvalue weighted by molar-refractivity contribution is 5.77. The first kappa shape index (κ1) is 15.6. The van der Waals surface area contributed by atoms with Gasteiger partial charge in [-0.2, -0.15) is 0 Å². The van der Waals surface area contributed by atoms with Crippen LogP contribution < -0.4 is 5.73 Å². The Labute approximate surface area is 114 Å². The monoisotopic (exact) mass is 266 g/mol. The zero-order valence-electron chi connectivity index (χ0n) is 12.2. The normalized spacial score (nSPS) is 11.5. The van der Waals surface area contributed by atoms with Crippen LogP contribution in [0.4, 0.5) is 4.39 Å². The molecule has 0 saturated heterocycles. The molecule has 0 aliphatic rings. The van der Waals surface area contributed by atoms with E-state index in [1.165, 1.54) is 6.07 Å². The van der Waals surface area contributed by atoms with Crippen LogP contribution in [0.2, 0.25) is 0 Å². The van der Waals surface area contributed by atoms with E-state index in [-0.39, 0.29) is 11.7 Å². The number of carbonyl (C=O) groups is 1. The second-order valence-electron chi connectivity index (χ2n) is 5.81. The van der Waals surface area contributed by atoms with Gasteiger partial charge in [-0.05, 0) is 44.4 Å². The molecule has 0 aliphatic heterocycles. The maximum Gasteiger partial charge on any atom is 0.224 e. The molecule has 0 aliphatic carbocycles. The van der Waals surface area contributed by atoms with Crippen LogP contribution in [-0.2, 0) is 11.2 Å². The lowest BCUT2D eigenvalue weighted by molar-refractivity contribution is -0.130. The minimum absolute atomic E-state index is 0.0336. The fourth-order valence-electron chi connectivity index (χ4n) is 1.81. The number of amides is 1. The van der Waals surface area contributed by atoms with Gasteiger partial charge in [-0.1, -0.05) is 12.1 Å². The van der Waals surface area contributed by atoms with E-state index in [4.69, 9.17) is 5.73 Å². The number of aryl methyl sites for hydroxylation is 1. The molecule has 2 N–H and O–H groups in total. The van der Waals surface area contributed by atoms with Crippen molar-refractivity contribution < 1.29 is 9.18 Å². The molecule has 0 fully saturated rings. The number of nitrogens with zero attached hydrogens (tertiary/aromatic N) is 1. The molecule has 1 rings (SSSR count). The SMILES string of the molecule is Cc1cc(CCN(C)C(=O)CC(C)(C)N)ccc1F. The van der Waals surface area contributed by atoms with Crippen molar-refractivity contribution in [2.75, 3.05) is 13.6 Å². The standard InChI is InChI=1S/C15H23FN2O/c1-11-9-12(5-6-13(11)16)7-8-18(4)14(19)10-15(2,3)17/h5-6,9H,7-8,10,17H2,1-4H3. The number of likely N-dealkylation sites (N-methyl/N-ethyl adjacent to an activating group) is 1. The molecule has 0 radical (unpaired) electrons. The highest BCUT2D eigenvalue weighted by atomic mass is 19.1. The molecule has 0 spiro atoms. The summed E-state index contributed by atoms with van der Waals surface area (Å²) < 4.78 is 13.1. The topological polar surface area (TPSA) is 46.3 Å². The molecule has 106 valence electrons. The molecule has 1 amide bonds. The van der Waals surface area contributed by atoms with Crippen molar-refractivity contribution in [2.45, 2.75) is 39.2 Å². The molecular formula is C15H23FN2O. The highest BCUT2D eigenvalue weighted by Gasteiger charge is 2.19. The van der Waals surface area contributed by atoms with Gasteiger partial charge in [-0.3, -0.25) is 4.79 Å². The Morgan fingerprint density at radius 2 is 2.05 bits per heavy atom. The largest absolute Gasteiger partial charge is 0.345 e. The fourth-order valence-corrected chi connectivity index (χ4v) is 1.81. The summed E-state index contributed by atoms with van der Waals surface area (Å²) >= 11 is 0. The lowest BCUT2D eigenvalue weighted by atomic mass is 10.0. The Morgan fingerprint density at radius 3 is 2.58 bits per heavy atom. The average Bonchev–Trinajstić information content (AvgIpc) is 2.28. The van der Waals surface area contributed by atoms with E-state index in [1.807, 2.05) is 19.9 Å². The van der Waals surface area contributed by atoms with Gasteiger partial charge in [0.15, 0.2) is 0 Å². The van der Waals surface area contributed by atoms with Crippen LogP contribution in [0.3, 0.4) is 0 Å². The maximum atomic E-state index is 13.1. The number of hydrogen-bond donors (Lipinski definition) is 1. The Morgan fingerprint density at radius 1 is 1.42 bits per heavy atom. The molecule has 1 aromatic rings. The zero-order valence-corrected chi connectivity index (χ0v) is 12.2. The van der Waals surface area contributed by atoms with E-state index in [1.54, 1.807) is 24.9 Å². The first-order valence-corrected chi connectivity index (χ1v) is 6.47. The van der Waals surface area contributed by atoms with Crippen LogP contribution in [-0.4, -0.2) is 29.9 Å². The van der Waals surface area contributed by atoms with Crippen molar-refractivity contribution in [1.82, 2.24) is 4.90 Å². The van der Waals surface area contributed by atoms with Crippen molar-refractivity contribution in [3.05, 3.63) is 35.1 Å². The number of rotatable bonds is 5. The van der Waals surface area contributed by atoms with Crippen LogP contribution in [0.25, 0.3) is 0 Å². The first-order valence-electron chi connectivity index (χ1n) is 6.47. The lowest BCUT2D eigenvalue weighted by Crippen LogP contribution is -2.40. The molecule has 0 bridgehead atoms. The molecule has 19 heavy (non-hydrogen) atoms. The van der Waals surface area contributed by atoms with Gasteiger partial charge in [0.05, 0.1) is 0 Å². The lowest BCUT2D eigenvalue weighted by Gasteiger charge is -2.23. The maximum absolute atomic E-state index is 13.1. The molecule has 0 heterocycles. The second kappa shape index (κ2) is 6.15. The summed E-state index contributed by atoms with van der Waals surface area (Å²) in [6.45, 7) is 6.02. The summed E-state index contributed by atoms with van der Waals surface area (Å²) in [6.07, 6.45) is 1.04. The number of benzene rings is 1. The third kappa shape index (κ3) is 5.39. The smallest absolute Gasteiger partial charge is 0.224 e. The van der Waals surface area contributed by atoms with Crippen LogP contribution in [0, 0.1) is 12.7 Å². The van der Waals surface area contributed by atoms with Crippen molar-refractivity contribution in [3.8, 4) is 0 Å². The van der Waals surface area contributed by atoms with Crippen LogP contribution in [0.5, 0.6) is 0 Å². The van der Waals surface area contributed by atoms with Gasteiger partial charge >= 0.3 is 0 Å². The van der Waals surface area contributed by atoms with Gasteiger partial charge in [0.25, 0.3) is 0 Å². The predicted octanol–water partition coefficient (Wildman–Crippen LogP) is 2.26. The number of nitrogens with two attached hydrogens (primary N) is 1. The Kier molecular flexibility index (Phi) is 5.06. The summed E-state index contributed by atoms with van der Waals surface area (Å²) in [5.74, 6) is -0.163. The molecule has 0 unspecified atom stereocenters. The molecule has 0 saturated carbocycles. The van der Waals surface area contributed by atoms with Crippen LogP contribution in [0.1, 0.15) is 31.4 Å². The van der Waals surface area contributed by atoms with Gasteiger partial charge in [-0.25, -0.2) is 4.39 Å². The van der Waals surface area contributed by atoms with Crippen molar-refractivity contribution in [2.24, 2.45) is 5.73 Å². The molecule has 0 aromatic heterocycles. The third-order valence-electron chi connectivity index (χ3n) is 2.99. The molecule has 1 aromatic carbocycles. The van der Waals surface area contributed by atoms with E-state index in [0.29, 0.717) is 24.9 Å². The minimum Gasteiger partial charge on any atom is -0.345 e. The van der Waals surface area contributed by atoms with Gasteiger partial charge < -0.3 is 10.6 Å². The van der Waals surface area contributed by atoms with E-state index in [0.717, 1.165) is 5.56 Å². The van der Waals surface area contributed by atoms with Crippen molar-refractivity contribution in [3.63, 3.8) is 0 Å². The van der Waals surface area contributed by atoms with E-state index in [9.17, 15) is 9.18 Å². The average molecular weight is 266 g/mol. The molecular weight excluding hydrogens is 243 g/mol. The number of hydrogen-bond acceptors (Lipinski definition) is 2. The summed E-state index contributed by atoms with van der Waals surface area (Å²) in [7, 11) is 1.77. The Balaban J connectivity index is 2.52. The Hall–Kier alpha value is -1.42. The molecule has 4 heteroatoms. The van der Waals surface area contributed by atoms with Crippen LogP contribution >= 0.6 is 0 Å². The minimum atomic E-state index is -0.488. The van der Waals surface area contributed by atoms with E-state index in [2.05, 4.69) is 0 Å². The third-order valence-corrected chi connectivity index (χ3v) is 2.99. The summed E-state index contributed by atoms with van der Waals surface area (Å²) in [5, 5.41) is 0. The summed E-state index contributed by atoms with van der Waals surface area (Å²) in [6, 6.07) is 5.05. The van der Waals surface area contributed by atoms with Gasteiger partial charge in [0, 0.05) is 25.6 Å². The highest BCUT2D eigenvalue weighted by Crippen LogP contribution is 2.11. The quantitative estimate of drug-likeness (QED) is 0.888. The Bertz CT molecular complexity index is 452. The first-order chi connectivity index (χ1) is 8.69.